The number of nitrogens with zero attached hydrogens (tertiary/aromatic N) is 1. The summed E-state index contributed by atoms with van der Waals surface area (Å²) in [7, 11) is 1.69. The van der Waals surface area contributed by atoms with E-state index in [9.17, 15) is 9.59 Å². The first kappa shape index (κ1) is 17.0. The van der Waals surface area contributed by atoms with Gasteiger partial charge in [0.2, 0.25) is 5.91 Å². The van der Waals surface area contributed by atoms with Crippen molar-refractivity contribution in [3.8, 4) is 0 Å². The maximum Gasteiger partial charge on any atom is 0.291 e. The van der Waals surface area contributed by atoms with Crippen molar-refractivity contribution < 1.29 is 14.0 Å². The molecule has 128 valence electrons. The standard InChI is InChI=1S/C19H17ClN2O3/c1-11-15-5-4-6-16(20)18(15)25-17(11)19(24)21-13-7-9-14(10-8-13)22(3)12(2)23/h4-10H,1-3H3,(H,21,24). The molecule has 0 saturated carbocycles. The highest BCUT2D eigenvalue weighted by Crippen LogP contribution is 2.31. The lowest BCUT2D eigenvalue weighted by atomic mass is 10.1. The fraction of sp³-hybridized carbons (Fsp3) is 0.158. The van der Waals surface area contributed by atoms with Gasteiger partial charge in [-0.1, -0.05) is 23.7 Å². The summed E-state index contributed by atoms with van der Waals surface area (Å²) in [5.41, 5.74) is 2.60. The lowest BCUT2D eigenvalue weighted by Crippen LogP contribution is -2.22. The average Bonchev–Trinajstić information content (AvgIpc) is 2.93. The number of furan rings is 1. The second kappa shape index (κ2) is 6.61. The molecular formula is C19H17ClN2O3. The Labute approximate surface area is 150 Å². The van der Waals surface area contributed by atoms with Crippen LogP contribution in [-0.2, 0) is 4.79 Å². The van der Waals surface area contributed by atoms with Gasteiger partial charge < -0.3 is 14.6 Å². The molecule has 6 heteroatoms. The van der Waals surface area contributed by atoms with Crippen LogP contribution in [0.25, 0.3) is 11.0 Å². The molecule has 0 aliphatic heterocycles. The van der Waals surface area contributed by atoms with Gasteiger partial charge in [-0.3, -0.25) is 9.59 Å². The molecule has 2 amide bonds. The highest BCUT2D eigenvalue weighted by atomic mass is 35.5. The van der Waals surface area contributed by atoms with Crippen LogP contribution in [0.1, 0.15) is 23.0 Å². The molecule has 2 aromatic carbocycles. The summed E-state index contributed by atoms with van der Waals surface area (Å²) in [6.45, 7) is 3.31. The van der Waals surface area contributed by atoms with Crippen molar-refractivity contribution in [2.45, 2.75) is 13.8 Å². The van der Waals surface area contributed by atoms with Crippen molar-refractivity contribution in [2.75, 3.05) is 17.3 Å². The van der Waals surface area contributed by atoms with E-state index in [-0.39, 0.29) is 17.6 Å². The lowest BCUT2D eigenvalue weighted by molar-refractivity contribution is -0.116. The normalized spacial score (nSPS) is 10.7. The number of carbonyl (C=O) groups excluding carboxylic acids is 2. The van der Waals surface area contributed by atoms with E-state index in [4.69, 9.17) is 16.0 Å². The summed E-state index contributed by atoms with van der Waals surface area (Å²) in [6, 6.07) is 12.4. The number of hydrogen-bond donors (Lipinski definition) is 1. The van der Waals surface area contributed by atoms with Gasteiger partial charge in [0.05, 0.1) is 5.02 Å². The fourth-order valence-electron chi connectivity index (χ4n) is 2.56. The predicted molar refractivity (Wildman–Crippen MR) is 99.4 cm³/mol. The van der Waals surface area contributed by atoms with Crippen molar-refractivity contribution in [1.29, 1.82) is 0 Å². The number of amides is 2. The van der Waals surface area contributed by atoms with Crippen molar-refractivity contribution in [1.82, 2.24) is 0 Å². The molecule has 0 unspecified atom stereocenters. The molecule has 0 fully saturated rings. The average molecular weight is 357 g/mol. The van der Waals surface area contributed by atoms with Crippen LogP contribution < -0.4 is 10.2 Å². The van der Waals surface area contributed by atoms with Gasteiger partial charge >= 0.3 is 0 Å². The molecule has 0 spiro atoms. The molecule has 0 aliphatic rings. The smallest absolute Gasteiger partial charge is 0.291 e. The van der Waals surface area contributed by atoms with E-state index in [2.05, 4.69) is 5.32 Å². The maximum atomic E-state index is 12.5. The first-order chi connectivity index (χ1) is 11.9. The largest absolute Gasteiger partial charge is 0.449 e. The molecule has 0 bridgehead atoms. The third kappa shape index (κ3) is 3.23. The van der Waals surface area contributed by atoms with Gasteiger partial charge in [0.25, 0.3) is 5.91 Å². The number of rotatable bonds is 3. The Kier molecular flexibility index (Phi) is 4.51. The molecule has 0 atom stereocenters. The zero-order chi connectivity index (χ0) is 18.1. The first-order valence-corrected chi connectivity index (χ1v) is 8.09. The Bertz CT molecular complexity index is 961. The molecular weight excluding hydrogens is 340 g/mol. The van der Waals surface area contributed by atoms with E-state index in [0.29, 0.717) is 16.3 Å². The minimum atomic E-state index is -0.350. The molecule has 0 aliphatic carbocycles. The number of aryl methyl sites for hydroxylation is 1. The quantitative estimate of drug-likeness (QED) is 0.744. The molecule has 1 heterocycles. The van der Waals surface area contributed by atoms with E-state index in [1.165, 1.54) is 11.8 Å². The highest BCUT2D eigenvalue weighted by molar-refractivity contribution is 6.35. The number of para-hydroxylation sites is 1. The predicted octanol–water partition coefficient (Wildman–Crippen LogP) is 4.63. The maximum absolute atomic E-state index is 12.5. The van der Waals surface area contributed by atoms with E-state index in [0.717, 1.165) is 16.6 Å². The zero-order valence-electron chi connectivity index (χ0n) is 14.1. The van der Waals surface area contributed by atoms with Gasteiger partial charge in [0.1, 0.15) is 0 Å². The molecule has 25 heavy (non-hydrogen) atoms. The Morgan fingerprint density at radius 1 is 1.12 bits per heavy atom. The van der Waals surface area contributed by atoms with Crippen LogP contribution in [0.2, 0.25) is 5.02 Å². The van der Waals surface area contributed by atoms with Crippen LogP contribution in [0.5, 0.6) is 0 Å². The van der Waals surface area contributed by atoms with Crippen LogP contribution in [-0.4, -0.2) is 18.9 Å². The van der Waals surface area contributed by atoms with Crippen LogP contribution >= 0.6 is 11.6 Å². The van der Waals surface area contributed by atoms with Crippen molar-refractivity contribution in [3.05, 3.63) is 58.8 Å². The third-order valence-corrected chi connectivity index (χ3v) is 4.40. The van der Waals surface area contributed by atoms with Gasteiger partial charge in [0.15, 0.2) is 11.3 Å². The van der Waals surface area contributed by atoms with Crippen molar-refractivity contribution in [3.63, 3.8) is 0 Å². The molecule has 1 N–H and O–H groups in total. The monoisotopic (exact) mass is 356 g/mol. The summed E-state index contributed by atoms with van der Waals surface area (Å²) >= 11 is 6.12. The highest BCUT2D eigenvalue weighted by Gasteiger charge is 2.19. The first-order valence-electron chi connectivity index (χ1n) is 7.72. The zero-order valence-corrected chi connectivity index (χ0v) is 14.8. The summed E-state index contributed by atoms with van der Waals surface area (Å²) < 4.78 is 5.66. The molecule has 0 saturated heterocycles. The minimum Gasteiger partial charge on any atom is -0.449 e. The summed E-state index contributed by atoms with van der Waals surface area (Å²) in [5, 5.41) is 4.08. The Morgan fingerprint density at radius 2 is 1.80 bits per heavy atom. The van der Waals surface area contributed by atoms with E-state index < -0.39 is 0 Å². The Balaban J connectivity index is 1.84. The van der Waals surface area contributed by atoms with Crippen molar-refractivity contribution >= 4 is 45.8 Å². The summed E-state index contributed by atoms with van der Waals surface area (Å²) in [6.07, 6.45) is 0. The van der Waals surface area contributed by atoms with Crippen LogP contribution in [0.15, 0.2) is 46.9 Å². The van der Waals surface area contributed by atoms with E-state index >= 15 is 0 Å². The van der Waals surface area contributed by atoms with Gasteiger partial charge in [0, 0.05) is 36.3 Å². The van der Waals surface area contributed by atoms with Crippen LogP contribution in [0.4, 0.5) is 11.4 Å². The summed E-state index contributed by atoms with van der Waals surface area (Å²) in [5.74, 6) is -0.183. The Morgan fingerprint density at radius 3 is 2.40 bits per heavy atom. The topological polar surface area (TPSA) is 62.6 Å². The summed E-state index contributed by atoms with van der Waals surface area (Å²) in [4.78, 5) is 25.4. The van der Waals surface area contributed by atoms with Crippen LogP contribution in [0.3, 0.4) is 0 Å². The number of fused-ring (bicyclic) bond motifs is 1. The number of carbonyl (C=O) groups is 2. The van der Waals surface area contributed by atoms with Crippen LogP contribution in [0, 0.1) is 6.92 Å². The second-order valence-electron chi connectivity index (χ2n) is 5.75. The second-order valence-corrected chi connectivity index (χ2v) is 6.16. The van der Waals surface area contributed by atoms with Crippen molar-refractivity contribution in [2.24, 2.45) is 0 Å². The van der Waals surface area contributed by atoms with Gasteiger partial charge in [-0.05, 0) is 37.3 Å². The third-order valence-electron chi connectivity index (χ3n) is 4.11. The number of benzene rings is 2. The number of nitrogens with one attached hydrogen (secondary N) is 1. The minimum absolute atomic E-state index is 0.0634. The SMILES string of the molecule is CC(=O)N(C)c1ccc(NC(=O)c2oc3c(Cl)cccc3c2C)cc1. The number of hydrogen-bond acceptors (Lipinski definition) is 3. The molecule has 3 aromatic rings. The number of anilines is 2. The molecule has 0 radical (unpaired) electrons. The van der Waals surface area contributed by atoms with Gasteiger partial charge in [-0.25, -0.2) is 0 Å². The molecule has 1 aromatic heterocycles. The lowest BCUT2D eigenvalue weighted by Gasteiger charge is -2.15. The number of halogens is 1. The van der Waals surface area contributed by atoms with Gasteiger partial charge in [-0.15, -0.1) is 0 Å². The molecule has 5 nitrogen and oxygen atoms in total. The van der Waals surface area contributed by atoms with E-state index in [1.807, 2.05) is 19.1 Å². The molecule has 3 rings (SSSR count). The van der Waals surface area contributed by atoms with Gasteiger partial charge in [-0.2, -0.15) is 0 Å². The fourth-order valence-corrected chi connectivity index (χ4v) is 2.78. The Hall–Kier alpha value is -2.79. The van der Waals surface area contributed by atoms with E-state index in [1.54, 1.807) is 37.4 Å².